The van der Waals surface area contributed by atoms with Gasteiger partial charge < -0.3 is 0 Å². The van der Waals surface area contributed by atoms with Gasteiger partial charge in [-0.25, -0.2) is 0 Å². The standard InChI is InChI=1S/C11H12N6/c1-2-3-5-6-4-7-9(8(5)6)12-13-10(7)11-14-16-17-15-11/h2,5-6,8H,1,3-4H2,(H,12,13)(H,14,15,16,17)/t5-,6-,8+/m0/s1. The van der Waals surface area contributed by atoms with E-state index in [1.165, 1.54) is 11.3 Å². The van der Waals surface area contributed by atoms with Crippen LogP contribution in [0.1, 0.15) is 23.6 Å². The van der Waals surface area contributed by atoms with E-state index in [1.807, 2.05) is 6.08 Å². The second kappa shape index (κ2) is 3.03. The molecule has 2 aromatic rings. The van der Waals surface area contributed by atoms with Crippen LogP contribution in [-0.4, -0.2) is 30.8 Å². The van der Waals surface area contributed by atoms with Gasteiger partial charge in [-0.15, -0.1) is 16.8 Å². The number of rotatable bonds is 3. The topological polar surface area (TPSA) is 83.1 Å². The first-order chi connectivity index (χ1) is 8.40. The third kappa shape index (κ3) is 1.09. The Labute approximate surface area is 97.5 Å². The Hall–Kier alpha value is -1.98. The van der Waals surface area contributed by atoms with Gasteiger partial charge in [-0.05, 0) is 29.9 Å². The van der Waals surface area contributed by atoms with Gasteiger partial charge in [0.25, 0.3) is 0 Å². The number of hydrogen-bond donors (Lipinski definition) is 2. The van der Waals surface area contributed by atoms with E-state index in [2.05, 4.69) is 37.4 Å². The van der Waals surface area contributed by atoms with Crippen molar-refractivity contribution in [2.45, 2.75) is 18.8 Å². The summed E-state index contributed by atoms with van der Waals surface area (Å²) in [4.78, 5) is 0. The zero-order valence-corrected chi connectivity index (χ0v) is 9.22. The van der Waals surface area contributed by atoms with Gasteiger partial charge in [0.2, 0.25) is 5.82 Å². The van der Waals surface area contributed by atoms with Gasteiger partial charge in [-0.1, -0.05) is 6.08 Å². The second-order valence-electron chi connectivity index (χ2n) is 4.78. The van der Waals surface area contributed by atoms with Crippen molar-refractivity contribution < 1.29 is 0 Å². The maximum atomic E-state index is 4.32. The quantitative estimate of drug-likeness (QED) is 0.769. The minimum Gasteiger partial charge on any atom is -0.281 e. The summed E-state index contributed by atoms with van der Waals surface area (Å²) in [6.45, 7) is 3.81. The number of allylic oxidation sites excluding steroid dienone is 1. The highest BCUT2D eigenvalue weighted by molar-refractivity contribution is 5.59. The van der Waals surface area contributed by atoms with E-state index < -0.39 is 0 Å². The lowest BCUT2D eigenvalue weighted by atomic mass is 10.0. The molecule has 2 aliphatic carbocycles. The molecule has 0 spiro atoms. The molecule has 0 radical (unpaired) electrons. The van der Waals surface area contributed by atoms with Crippen LogP contribution >= 0.6 is 0 Å². The third-order valence-corrected chi connectivity index (χ3v) is 4.00. The molecule has 17 heavy (non-hydrogen) atoms. The van der Waals surface area contributed by atoms with Crippen LogP contribution in [0.2, 0.25) is 0 Å². The SMILES string of the molecule is C=CC[C@H]1[C@@H]2Cc3c(-c4nn[nH]n4)n[nH]c3[C@H]12. The van der Waals surface area contributed by atoms with Crippen molar-refractivity contribution in [3.8, 4) is 11.5 Å². The summed E-state index contributed by atoms with van der Waals surface area (Å²) in [6, 6.07) is 0. The number of fused-ring (bicyclic) bond motifs is 3. The number of tetrazole rings is 1. The number of aromatic amines is 2. The highest BCUT2D eigenvalue weighted by Crippen LogP contribution is 2.63. The van der Waals surface area contributed by atoms with E-state index in [-0.39, 0.29) is 0 Å². The summed E-state index contributed by atoms with van der Waals surface area (Å²) in [5.41, 5.74) is 3.42. The minimum absolute atomic E-state index is 0.587. The first-order valence-corrected chi connectivity index (χ1v) is 5.82. The van der Waals surface area contributed by atoms with Gasteiger partial charge in [0, 0.05) is 17.2 Å². The number of nitrogens with zero attached hydrogens (tertiary/aromatic N) is 4. The van der Waals surface area contributed by atoms with Gasteiger partial charge in [-0.2, -0.15) is 10.3 Å². The van der Waals surface area contributed by atoms with E-state index in [1.54, 1.807) is 0 Å². The summed E-state index contributed by atoms with van der Waals surface area (Å²) >= 11 is 0. The van der Waals surface area contributed by atoms with Crippen LogP contribution in [0.4, 0.5) is 0 Å². The molecular weight excluding hydrogens is 216 g/mol. The van der Waals surface area contributed by atoms with E-state index >= 15 is 0 Å². The van der Waals surface area contributed by atoms with Crippen LogP contribution in [0, 0.1) is 11.8 Å². The molecule has 2 aliphatic rings. The molecule has 0 saturated heterocycles. The molecule has 0 aromatic carbocycles. The van der Waals surface area contributed by atoms with Gasteiger partial charge in [-0.3, -0.25) is 5.10 Å². The average molecular weight is 228 g/mol. The molecule has 3 atom stereocenters. The molecule has 0 aliphatic heterocycles. The van der Waals surface area contributed by atoms with E-state index in [0.717, 1.165) is 30.4 Å². The van der Waals surface area contributed by atoms with Crippen LogP contribution in [0.15, 0.2) is 12.7 Å². The Kier molecular flexibility index (Phi) is 1.62. The summed E-state index contributed by atoms with van der Waals surface area (Å²) in [7, 11) is 0. The van der Waals surface area contributed by atoms with E-state index in [4.69, 9.17) is 0 Å². The van der Waals surface area contributed by atoms with E-state index in [9.17, 15) is 0 Å². The largest absolute Gasteiger partial charge is 0.281 e. The molecule has 2 heterocycles. The Morgan fingerprint density at radius 1 is 1.41 bits per heavy atom. The fourth-order valence-corrected chi connectivity index (χ4v) is 3.21. The molecular formula is C11H12N6. The first-order valence-electron chi connectivity index (χ1n) is 5.82. The predicted molar refractivity (Wildman–Crippen MR) is 60.0 cm³/mol. The lowest BCUT2D eigenvalue weighted by Gasteiger charge is -2.00. The second-order valence-corrected chi connectivity index (χ2v) is 4.78. The third-order valence-electron chi connectivity index (χ3n) is 4.00. The molecule has 86 valence electrons. The van der Waals surface area contributed by atoms with Crippen LogP contribution in [0.25, 0.3) is 11.5 Å². The van der Waals surface area contributed by atoms with Crippen molar-refractivity contribution in [3.05, 3.63) is 23.9 Å². The first kappa shape index (κ1) is 9.09. The smallest absolute Gasteiger partial charge is 0.225 e. The molecule has 0 unspecified atom stereocenters. The number of nitrogens with one attached hydrogen (secondary N) is 2. The van der Waals surface area contributed by atoms with Crippen LogP contribution in [-0.2, 0) is 6.42 Å². The summed E-state index contributed by atoms with van der Waals surface area (Å²) < 4.78 is 0. The molecule has 2 N–H and O–H groups in total. The lowest BCUT2D eigenvalue weighted by Crippen LogP contribution is -1.93. The highest BCUT2D eigenvalue weighted by atomic mass is 15.5. The Bertz CT molecular complexity index is 569. The monoisotopic (exact) mass is 228 g/mol. The molecule has 4 rings (SSSR count). The van der Waals surface area contributed by atoms with Gasteiger partial charge in [0.15, 0.2) is 0 Å². The molecule has 2 aromatic heterocycles. The Morgan fingerprint density at radius 2 is 2.35 bits per heavy atom. The Balaban J connectivity index is 1.70. The van der Waals surface area contributed by atoms with Crippen molar-refractivity contribution in [2.24, 2.45) is 11.8 Å². The molecule has 0 amide bonds. The normalized spacial score (nSPS) is 28.8. The zero-order chi connectivity index (χ0) is 11.4. The fourth-order valence-electron chi connectivity index (χ4n) is 3.21. The fraction of sp³-hybridized carbons (Fsp3) is 0.455. The average Bonchev–Trinajstić information content (AvgIpc) is 2.82. The van der Waals surface area contributed by atoms with Crippen molar-refractivity contribution in [3.63, 3.8) is 0 Å². The maximum absolute atomic E-state index is 4.32. The molecule has 6 heteroatoms. The minimum atomic E-state index is 0.587. The lowest BCUT2D eigenvalue weighted by molar-refractivity contribution is 0.702. The number of H-pyrrole nitrogens is 2. The number of hydrogen-bond acceptors (Lipinski definition) is 4. The van der Waals surface area contributed by atoms with Crippen molar-refractivity contribution in [1.82, 2.24) is 30.8 Å². The number of aromatic nitrogens is 6. The maximum Gasteiger partial charge on any atom is 0.225 e. The van der Waals surface area contributed by atoms with Crippen molar-refractivity contribution in [2.75, 3.05) is 0 Å². The molecule has 1 fully saturated rings. The van der Waals surface area contributed by atoms with Crippen LogP contribution in [0.3, 0.4) is 0 Å². The zero-order valence-electron chi connectivity index (χ0n) is 9.22. The van der Waals surface area contributed by atoms with Crippen molar-refractivity contribution >= 4 is 0 Å². The summed E-state index contributed by atoms with van der Waals surface area (Å²) in [5, 5.41) is 21.5. The van der Waals surface area contributed by atoms with Crippen molar-refractivity contribution in [1.29, 1.82) is 0 Å². The molecule has 6 nitrogen and oxygen atoms in total. The Morgan fingerprint density at radius 3 is 3.12 bits per heavy atom. The van der Waals surface area contributed by atoms with Gasteiger partial charge in [0.05, 0.1) is 0 Å². The van der Waals surface area contributed by atoms with Gasteiger partial charge >= 0.3 is 0 Å². The van der Waals surface area contributed by atoms with Crippen LogP contribution in [0.5, 0.6) is 0 Å². The molecule has 1 saturated carbocycles. The summed E-state index contributed by atoms with van der Waals surface area (Å²) in [6.07, 6.45) is 4.20. The van der Waals surface area contributed by atoms with Gasteiger partial charge in [0.1, 0.15) is 5.69 Å². The van der Waals surface area contributed by atoms with E-state index in [0.29, 0.717) is 11.7 Å². The van der Waals surface area contributed by atoms with Crippen LogP contribution < -0.4 is 0 Å². The highest BCUT2D eigenvalue weighted by Gasteiger charge is 2.56. The predicted octanol–water partition coefficient (Wildman–Crippen LogP) is 1.05. The molecule has 0 bridgehead atoms. The summed E-state index contributed by atoms with van der Waals surface area (Å²) in [5.74, 6) is 2.77.